The summed E-state index contributed by atoms with van der Waals surface area (Å²) in [4.78, 5) is 2.19. The van der Waals surface area contributed by atoms with Gasteiger partial charge in [-0.05, 0) is 30.3 Å². The van der Waals surface area contributed by atoms with Crippen LogP contribution in [0.3, 0.4) is 0 Å². The van der Waals surface area contributed by atoms with Gasteiger partial charge in [0.2, 0.25) is 10.0 Å². The summed E-state index contributed by atoms with van der Waals surface area (Å²) in [5, 5.41) is 0. The molecule has 3 rings (SSSR count). The normalized spacial score (nSPS) is 16.0. The minimum Gasteiger partial charge on any atom is -0.489 e. The Balaban J connectivity index is 1.73. The van der Waals surface area contributed by atoms with Crippen LogP contribution in [0, 0.1) is 0 Å². The predicted octanol–water partition coefficient (Wildman–Crippen LogP) is 1.93. The van der Waals surface area contributed by atoms with Gasteiger partial charge in [0.05, 0.1) is 6.26 Å². The number of nitrogens with zero attached hydrogens (tertiary/aromatic N) is 2. The molecule has 1 heterocycles. The maximum atomic E-state index is 11.7. The molecule has 7 heteroatoms. The summed E-state index contributed by atoms with van der Waals surface area (Å²) in [5.41, 5.74) is 8.67. The van der Waals surface area contributed by atoms with E-state index in [1.54, 1.807) is 0 Å². The first kappa shape index (κ1) is 17.6. The molecule has 2 N–H and O–H groups in total. The monoisotopic (exact) mass is 361 g/mol. The molecule has 1 fully saturated rings. The highest BCUT2D eigenvalue weighted by Gasteiger charge is 2.24. The Morgan fingerprint density at radius 3 is 2.36 bits per heavy atom. The van der Waals surface area contributed by atoms with Crippen molar-refractivity contribution in [2.45, 2.75) is 6.61 Å². The van der Waals surface area contributed by atoms with E-state index in [0.29, 0.717) is 38.5 Å². The van der Waals surface area contributed by atoms with Gasteiger partial charge in [-0.2, -0.15) is 4.31 Å². The van der Waals surface area contributed by atoms with Crippen molar-refractivity contribution in [2.75, 3.05) is 43.1 Å². The Bertz CT molecular complexity index is 817. The zero-order chi connectivity index (χ0) is 17.9. The third-order valence-corrected chi connectivity index (χ3v) is 5.59. The predicted molar refractivity (Wildman–Crippen MR) is 100 cm³/mol. The van der Waals surface area contributed by atoms with Gasteiger partial charge in [0.1, 0.15) is 12.4 Å². The van der Waals surface area contributed by atoms with E-state index in [4.69, 9.17) is 10.5 Å². The fourth-order valence-electron chi connectivity index (χ4n) is 2.97. The minimum atomic E-state index is -3.13. The summed E-state index contributed by atoms with van der Waals surface area (Å²) >= 11 is 0. The number of anilines is 2. The van der Waals surface area contributed by atoms with Crippen LogP contribution in [0.25, 0.3) is 0 Å². The topological polar surface area (TPSA) is 75.9 Å². The van der Waals surface area contributed by atoms with Gasteiger partial charge in [-0.3, -0.25) is 0 Å². The molecule has 2 aromatic rings. The lowest BCUT2D eigenvalue weighted by molar-refractivity contribution is 0.305. The molecule has 0 unspecified atom stereocenters. The second-order valence-electron chi connectivity index (χ2n) is 6.14. The van der Waals surface area contributed by atoms with Crippen molar-refractivity contribution in [3.63, 3.8) is 0 Å². The number of sulfonamides is 1. The zero-order valence-corrected chi connectivity index (χ0v) is 15.1. The molecule has 2 aromatic carbocycles. The first-order valence-corrected chi connectivity index (χ1v) is 10.0. The third kappa shape index (κ3) is 4.43. The largest absolute Gasteiger partial charge is 0.489 e. The zero-order valence-electron chi connectivity index (χ0n) is 14.3. The molecule has 25 heavy (non-hydrogen) atoms. The number of benzene rings is 2. The summed E-state index contributed by atoms with van der Waals surface area (Å²) < 4.78 is 30.7. The lowest BCUT2D eigenvalue weighted by Crippen LogP contribution is -2.48. The number of para-hydroxylation sites is 1. The van der Waals surface area contributed by atoms with E-state index in [0.717, 1.165) is 17.0 Å². The summed E-state index contributed by atoms with van der Waals surface area (Å²) in [5.74, 6) is 0.803. The molecular formula is C18H23N3O3S. The molecule has 1 aliphatic heterocycles. The van der Waals surface area contributed by atoms with Gasteiger partial charge in [0.25, 0.3) is 0 Å². The molecule has 0 radical (unpaired) electrons. The molecule has 1 aliphatic rings. The van der Waals surface area contributed by atoms with Crippen LogP contribution >= 0.6 is 0 Å². The molecular weight excluding hydrogens is 338 g/mol. The van der Waals surface area contributed by atoms with Crippen LogP contribution in [0.5, 0.6) is 5.75 Å². The first-order valence-electron chi connectivity index (χ1n) is 8.20. The van der Waals surface area contributed by atoms with Crippen LogP contribution < -0.4 is 15.4 Å². The quantitative estimate of drug-likeness (QED) is 0.824. The Hall–Kier alpha value is -2.25. The average molecular weight is 361 g/mol. The van der Waals surface area contributed by atoms with Gasteiger partial charge in [-0.15, -0.1) is 0 Å². The number of piperazine rings is 1. The van der Waals surface area contributed by atoms with Crippen molar-refractivity contribution in [1.82, 2.24) is 4.31 Å². The molecule has 0 aromatic heterocycles. The van der Waals surface area contributed by atoms with E-state index in [1.165, 1.54) is 10.6 Å². The van der Waals surface area contributed by atoms with Crippen molar-refractivity contribution in [1.29, 1.82) is 0 Å². The van der Waals surface area contributed by atoms with Gasteiger partial charge in [-0.1, -0.05) is 18.2 Å². The number of hydrogen-bond acceptors (Lipinski definition) is 5. The molecule has 0 saturated carbocycles. The number of nitrogen functional groups attached to an aromatic ring is 1. The Morgan fingerprint density at radius 1 is 1.04 bits per heavy atom. The van der Waals surface area contributed by atoms with Gasteiger partial charge < -0.3 is 15.4 Å². The van der Waals surface area contributed by atoms with E-state index in [2.05, 4.69) is 4.90 Å². The highest BCUT2D eigenvalue weighted by Crippen LogP contribution is 2.26. The third-order valence-electron chi connectivity index (χ3n) is 4.29. The number of hydrogen-bond donors (Lipinski definition) is 1. The van der Waals surface area contributed by atoms with Crippen LogP contribution in [0.4, 0.5) is 11.4 Å². The second kappa shape index (κ2) is 7.33. The number of nitrogens with two attached hydrogens (primary N) is 1. The smallest absolute Gasteiger partial charge is 0.211 e. The van der Waals surface area contributed by atoms with Crippen molar-refractivity contribution in [3.05, 3.63) is 54.1 Å². The molecule has 1 saturated heterocycles. The molecule has 0 atom stereocenters. The van der Waals surface area contributed by atoms with Crippen LogP contribution in [-0.4, -0.2) is 45.2 Å². The van der Waals surface area contributed by atoms with E-state index >= 15 is 0 Å². The molecule has 0 spiro atoms. The Morgan fingerprint density at radius 2 is 1.72 bits per heavy atom. The van der Waals surface area contributed by atoms with Gasteiger partial charge >= 0.3 is 0 Å². The summed E-state index contributed by atoms with van der Waals surface area (Å²) in [6.45, 7) is 2.69. The maximum absolute atomic E-state index is 11.7. The SMILES string of the molecule is CS(=O)(=O)N1CCN(c2ccc(N)cc2COc2ccccc2)CC1. The lowest BCUT2D eigenvalue weighted by Gasteiger charge is -2.35. The highest BCUT2D eigenvalue weighted by molar-refractivity contribution is 7.88. The second-order valence-corrected chi connectivity index (χ2v) is 8.12. The van der Waals surface area contributed by atoms with Gasteiger partial charge in [0.15, 0.2) is 0 Å². The fraction of sp³-hybridized carbons (Fsp3) is 0.333. The molecule has 0 bridgehead atoms. The summed E-state index contributed by atoms with van der Waals surface area (Å²) in [6.07, 6.45) is 1.25. The molecule has 0 aliphatic carbocycles. The Kier molecular flexibility index (Phi) is 5.15. The first-order chi connectivity index (χ1) is 11.9. The summed E-state index contributed by atoms with van der Waals surface area (Å²) in [7, 11) is -3.13. The van der Waals surface area contributed by atoms with E-state index in [-0.39, 0.29) is 0 Å². The molecule has 134 valence electrons. The van der Waals surface area contributed by atoms with Crippen LogP contribution in [0.2, 0.25) is 0 Å². The highest BCUT2D eigenvalue weighted by atomic mass is 32.2. The average Bonchev–Trinajstić information content (AvgIpc) is 2.60. The van der Waals surface area contributed by atoms with Crippen molar-refractivity contribution < 1.29 is 13.2 Å². The van der Waals surface area contributed by atoms with Crippen LogP contribution in [0.15, 0.2) is 48.5 Å². The van der Waals surface area contributed by atoms with Gasteiger partial charge in [-0.25, -0.2) is 8.42 Å². The maximum Gasteiger partial charge on any atom is 0.211 e. The fourth-order valence-corrected chi connectivity index (χ4v) is 3.79. The molecule has 6 nitrogen and oxygen atoms in total. The van der Waals surface area contributed by atoms with E-state index in [1.807, 2.05) is 48.5 Å². The molecule has 0 amide bonds. The number of rotatable bonds is 5. The van der Waals surface area contributed by atoms with E-state index < -0.39 is 10.0 Å². The van der Waals surface area contributed by atoms with Crippen LogP contribution in [-0.2, 0) is 16.6 Å². The van der Waals surface area contributed by atoms with Crippen LogP contribution in [0.1, 0.15) is 5.56 Å². The van der Waals surface area contributed by atoms with Crippen molar-refractivity contribution >= 4 is 21.4 Å². The van der Waals surface area contributed by atoms with Crippen molar-refractivity contribution in [3.8, 4) is 5.75 Å². The Labute approximate surface area is 148 Å². The lowest BCUT2D eigenvalue weighted by atomic mass is 10.1. The minimum absolute atomic E-state index is 0.413. The number of ether oxygens (including phenoxy) is 1. The summed E-state index contributed by atoms with van der Waals surface area (Å²) in [6, 6.07) is 15.4. The van der Waals surface area contributed by atoms with Gasteiger partial charge in [0, 0.05) is 43.1 Å². The van der Waals surface area contributed by atoms with Crippen molar-refractivity contribution in [2.24, 2.45) is 0 Å². The standard InChI is InChI=1S/C18H23N3O3S/c1-25(22,23)21-11-9-20(10-12-21)18-8-7-16(19)13-15(18)14-24-17-5-3-2-4-6-17/h2-8,13H,9-12,14,19H2,1H3. The van der Waals surface area contributed by atoms with E-state index in [9.17, 15) is 8.42 Å².